The molecule has 0 unspecified atom stereocenters. The lowest BCUT2D eigenvalue weighted by atomic mass is 10.0. The van der Waals surface area contributed by atoms with Gasteiger partial charge in [-0.05, 0) is 49.9 Å². The highest BCUT2D eigenvalue weighted by atomic mass is 16.3. The third-order valence-electron chi connectivity index (χ3n) is 2.52. The first-order valence-electron chi connectivity index (χ1n) is 4.79. The maximum Gasteiger partial charge on any atom is 0.160 e. The molecule has 1 rings (SSSR count). The van der Waals surface area contributed by atoms with E-state index in [-0.39, 0.29) is 11.5 Å². The van der Waals surface area contributed by atoms with Crippen molar-refractivity contribution in [3.05, 3.63) is 22.8 Å². The Kier molecular flexibility index (Phi) is 3.36. The minimum Gasteiger partial charge on any atom is -0.504 e. The van der Waals surface area contributed by atoms with Crippen molar-refractivity contribution >= 4 is 0 Å². The molecule has 0 aromatic heterocycles. The monoisotopic (exact) mass is 195 g/mol. The molecule has 0 radical (unpaired) electrons. The molecule has 0 atom stereocenters. The van der Waals surface area contributed by atoms with E-state index in [1.54, 1.807) is 6.92 Å². The smallest absolute Gasteiger partial charge is 0.160 e. The number of rotatable bonds is 3. The van der Waals surface area contributed by atoms with Gasteiger partial charge >= 0.3 is 0 Å². The molecule has 1 aromatic carbocycles. The van der Waals surface area contributed by atoms with Gasteiger partial charge < -0.3 is 15.9 Å². The van der Waals surface area contributed by atoms with Crippen molar-refractivity contribution in [2.45, 2.75) is 26.7 Å². The van der Waals surface area contributed by atoms with Crippen LogP contribution in [0.15, 0.2) is 6.07 Å². The number of aromatic hydroxyl groups is 2. The third-order valence-corrected chi connectivity index (χ3v) is 2.52. The lowest BCUT2D eigenvalue weighted by molar-refractivity contribution is 0.396. The number of aryl methyl sites for hydroxylation is 2. The molecule has 3 heteroatoms. The predicted octanol–water partition coefficient (Wildman–Crippen LogP) is 1.61. The van der Waals surface area contributed by atoms with E-state index in [4.69, 9.17) is 5.73 Å². The van der Waals surface area contributed by atoms with E-state index in [0.29, 0.717) is 13.0 Å². The second-order valence-electron chi connectivity index (χ2n) is 3.57. The Hall–Kier alpha value is -1.22. The van der Waals surface area contributed by atoms with Gasteiger partial charge in [0.1, 0.15) is 0 Å². The van der Waals surface area contributed by atoms with E-state index < -0.39 is 0 Å². The van der Waals surface area contributed by atoms with Gasteiger partial charge in [-0.25, -0.2) is 0 Å². The number of nitrogens with two attached hydrogens (primary N) is 1. The van der Waals surface area contributed by atoms with Gasteiger partial charge in [-0.2, -0.15) is 0 Å². The largest absolute Gasteiger partial charge is 0.504 e. The summed E-state index contributed by atoms with van der Waals surface area (Å²) in [5.41, 5.74) is 7.89. The molecule has 0 amide bonds. The molecule has 3 nitrogen and oxygen atoms in total. The first-order valence-corrected chi connectivity index (χ1v) is 4.79. The average molecular weight is 195 g/mol. The van der Waals surface area contributed by atoms with Crippen molar-refractivity contribution in [1.29, 1.82) is 0 Å². The van der Waals surface area contributed by atoms with Crippen LogP contribution in [0.3, 0.4) is 0 Å². The molecule has 0 aliphatic rings. The van der Waals surface area contributed by atoms with Crippen LogP contribution in [0.25, 0.3) is 0 Å². The molecule has 4 N–H and O–H groups in total. The highest BCUT2D eigenvalue weighted by Gasteiger charge is 2.11. The van der Waals surface area contributed by atoms with Crippen molar-refractivity contribution in [1.82, 2.24) is 0 Å². The van der Waals surface area contributed by atoms with Crippen LogP contribution >= 0.6 is 0 Å². The molecule has 0 aliphatic carbocycles. The fourth-order valence-corrected chi connectivity index (χ4v) is 1.44. The first kappa shape index (κ1) is 10.9. The summed E-state index contributed by atoms with van der Waals surface area (Å²) in [6, 6.07) is 1.90. The summed E-state index contributed by atoms with van der Waals surface area (Å²) in [5, 5.41) is 19.2. The SMILES string of the molecule is Cc1cc(CCCN)c(O)c(O)c1C. The van der Waals surface area contributed by atoms with E-state index in [1.165, 1.54) is 0 Å². The number of hydrogen-bond donors (Lipinski definition) is 3. The number of hydrogen-bond acceptors (Lipinski definition) is 3. The van der Waals surface area contributed by atoms with Crippen LogP contribution in [0.1, 0.15) is 23.1 Å². The van der Waals surface area contributed by atoms with Gasteiger partial charge in [-0.15, -0.1) is 0 Å². The van der Waals surface area contributed by atoms with Gasteiger partial charge in [0.15, 0.2) is 11.5 Å². The average Bonchev–Trinajstić information content (AvgIpc) is 2.18. The Morgan fingerprint density at radius 3 is 2.43 bits per heavy atom. The quantitative estimate of drug-likeness (QED) is 0.642. The summed E-state index contributed by atoms with van der Waals surface area (Å²) in [6.45, 7) is 4.30. The zero-order chi connectivity index (χ0) is 10.7. The molecule has 0 spiro atoms. The fourth-order valence-electron chi connectivity index (χ4n) is 1.44. The van der Waals surface area contributed by atoms with E-state index in [2.05, 4.69) is 0 Å². The highest BCUT2D eigenvalue weighted by molar-refractivity contribution is 5.53. The van der Waals surface area contributed by atoms with Crippen LogP contribution in [-0.2, 0) is 6.42 Å². The van der Waals surface area contributed by atoms with Crippen molar-refractivity contribution in [3.63, 3.8) is 0 Å². The van der Waals surface area contributed by atoms with Crippen molar-refractivity contribution in [2.75, 3.05) is 6.54 Å². The van der Waals surface area contributed by atoms with Crippen molar-refractivity contribution < 1.29 is 10.2 Å². The molecule has 0 aliphatic heterocycles. The zero-order valence-electron chi connectivity index (χ0n) is 8.67. The van der Waals surface area contributed by atoms with Gasteiger partial charge in [0.05, 0.1) is 0 Å². The minimum atomic E-state index is -0.00276. The van der Waals surface area contributed by atoms with Crippen LogP contribution < -0.4 is 5.73 Å². The van der Waals surface area contributed by atoms with Crippen molar-refractivity contribution in [3.8, 4) is 11.5 Å². The number of phenolic OH excluding ortho intramolecular Hbond substituents is 2. The molecule has 0 saturated heterocycles. The lowest BCUT2D eigenvalue weighted by Gasteiger charge is -2.10. The molecular weight excluding hydrogens is 178 g/mol. The Balaban J connectivity index is 3.06. The summed E-state index contributed by atoms with van der Waals surface area (Å²) < 4.78 is 0. The van der Waals surface area contributed by atoms with Crippen LogP contribution in [0, 0.1) is 13.8 Å². The topological polar surface area (TPSA) is 66.5 Å². The molecule has 0 heterocycles. The van der Waals surface area contributed by atoms with Crippen LogP contribution in [0.5, 0.6) is 11.5 Å². The van der Waals surface area contributed by atoms with Crippen LogP contribution in [0.2, 0.25) is 0 Å². The maximum absolute atomic E-state index is 9.64. The first-order chi connectivity index (χ1) is 6.57. The van der Waals surface area contributed by atoms with Gasteiger partial charge in [0, 0.05) is 0 Å². The van der Waals surface area contributed by atoms with Crippen LogP contribution in [-0.4, -0.2) is 16.8 Å². The molecule has 0 fully saturated rings. The summed E-state index contributed by atoms with van der Waals surface area (Å²) in [4.78, 5) is 0. The Bertz CT molecular complexity index is 335. The Labute approximate surface area is 84.2 Å². The molecule has 78 valence electrons. The van der Waals surface area contributed by atoms with E-state index in [9.17, 15) is 10.2 Å². The zero-order valence-corrected chi connectivity index (χ0v) is 8.67. The summed E-state index contributed by atoms with van der Waals surface area (Å²) in [5.74, 6) is -0.00132. The summed E-state index contributed by atoms with van der Waals surface area (Å²) >= 11 is 0. The molecule has 14 heavy (non-hydrogen) atoms. The highest BCUT2D eigenvalue weighted by Crippen LogP contribution is 2.34. The molecular formula is C11H17NO2. The fraction of sp³-hybridized carbons (Fsp3) is 0.455. The van der Waals surface area contributed by atoms with E-state index in [1.807, 2.05) is 13.0 Å². The van der Waals surface area contributed by atoms with Gasteiger partial charge in [0.25, 0.3) is 0 Å². The Morgan fingerprint density at radius 2 is 1.86 bits per heavy atom. The normalized spacial score (nSPS) is 10.5. The minimum absolute atomic E-state index is 0.00144. The van der Waals surface area contributed by atoms with Gasteiger partial charge in [-0.1, -0.05) is 6.07 Å². The molecule has 0 saturated carbocycles. The lowest BCUT2D eigenvalue weighted by Crippen LogP contribution is -2.01. The number of phenols is 2. The summed E-state index contributed by atoms with van der Waals surface area (Å²) in [7, 11) is 0. The summed E-state index contributed by atoms with van der Waals surface area (Å²) in [6.07, 6.45) is 1.52. The standard InChI is InChI=1S/C11H17NO2/c1-7-6-9(4-3-5-12)11(14)10(13)8(7)2/h6,13-14H,3-5,12H2,1-2H3. The van der Waals surface area contributed by atoms with E-state index in [0.717, 1.165) is 23.1 Å². The predicted molar refractivity (Wildman–Crippen MR) is 56.6 cm³/mol. The molecule has 0 bridgehead atoms. The van der Waals surface area contributed by atoms with Gasteiger partial charge in [-0.3, -0.25) is 0 Å². The Morgan fingerprint density at radius 1 is 1.21 bits per heavy atom. The van der Waals surface area contributed by atoms with Crippen LogP contribution in [0.4, 0.5) is 0 Å². The van der Waals surface area contributed by atoms with E-state index >= 15 is 0 Å². The second kappa shape index (κ2) is 4.33. The molecule has 1 aromatic rings. The number of benzene rings is 1. The van der Waals surface area contributed by atoms with Gasteiger partial charge in [0.2, 0.25) is 0 Å². The van der Waals surface area contributed by atoms with Crippen molar-refractivity contribution in [2.24, 2.45) is 5.73 Å². The third kappa shape index (κ3) is 1.99. The maximum atomic E-state index is 9.64. The second-order valence-corrected chi connectivity index (χ2v) is 3.57.